The van der Waals surface area contributed by atoms with E-state index in [4.69, 9.17) is 4.74 Å². The van der Waals surface area contributed by atoms with Gasteiger partial charge in [-0.3, -0.25) is 4.90 Å². The van der Waals surface area contributed by atoms with Crippen LogP contribution in [0.1, 0.15) is 13.8 Å². The molecule has 1 aliphatic rings. The summed E-state index contributed by atoms with van der Waals surface area (Å²) in [5.74, 6) is 0. The van der Waals surface area contributed by atoms with Gasteiger partial charge in [0.1, 0.15) is 0 Å². The van der Waals surface area contributed by atoms with E-state index in [0.29, 0.717) is 6.04 Å². The molecule has 72 valence electrons. The van der Waals surface area contributed by atoms with Crippen LogP contribution >= 0.6 is 0 Å². The first kappa shape index (κ1) is 9.96. The number of ether oxygens (including phenoxy) is 1. The van der Waals surface area contributed by atoms with Crippen molar-refractivity contribution in [3.63, 3.8) is 0 Å². The predicted octanol–water partition coefficient (Wildman–Crippen LogP) is 0.317. The average Bonchev–Trinajstić information content (AvgIpc) is 2.05. The molecule has 0 aromatic heterocycles. The molecule has 1 N–H and O–H groups in total. The number of nitrogens with one attached hydrogen (secondary N) is 1. The fraction of sp³-hybridized carbons (Fsp3) is 1.00. The van der Waals surface area contributed by atoms with Gasteiger partial charge in [-0.2, -0.15) is 0 Å². The van der Waals surface area contributed by atoms with Crippen molar-refractivity contribution in [1.82, 2.24) is 10.2 Å². The van der Waals surface area contributed by atoms with E-state index in [0.717, 1.165) is 39.4 Å². The van der Waals surface area contributed by atoms with E-state index in [2.05, 4.69) is 17.1 Å². The molecule has 3 heteroatoms. The fourth-order valence-electron chi connectivity index (χ4n) is 1.55. The van der Waals surface area contributed by atoms with E-state index in [1.54, 1.807) is 0 Å². The van der Waals surface area contributed by atoms with E-state index in [9.17, 15) is 0 Å². The highest BCUT2D eigenvalue weighted by Crippen LogP contribution is 1.97. The van der Waals surface area contributed by atoms with Gasteiger partial charge in [0, 0.05) is 38.8 Å². The largest absolute Gasteiger partial charge is 0.380 e. The Morgan fingerprint density at radius 3 is 3.08 bits per heavy atom. The summed E-state index contributed by atoms with van der Waals surface area (Å²) in [6.07, 6.45) is 0. The van der Waals surface area contributed by atoms with Gasteiger partial charge in [0.2, 0.25) is 0 Å². The summed E-state index contributed by atoms with van der Waals surface area (Å²) in [4.78, 5) is 2.46. The van der Waals surface area contributed by atoms with Gasteiger partial charge in [-0.05, 0) is 13.8 Å². The third-order valence-electron chi connectivity index (χ3n) is 2.21. The van der Waals surface area contributed by atoms with Gasteiger partial charge in [0.25, 0.3) is 0 Å². The molecule has 1 rings (SSSR count). The SMILES string of the molecule is CCOCCN1CCNC(C)C1. The lowest BCUT2D eigenvalue weighted by molar-refractivity contribution is 0.101. The smallest absolute Gasteiger partial charge is 0.0593 e. The standard InChI is InChI=1S/C9H20N2O/c1-3-12-7-6-11-5-4-10-9(2)8-11/h9-10H,3-8H2,1-2H3. The quantitative estimate of drug-likeness (QED) is 0.618. The van der Waals surface area contributed by atoms with E-state index >= 15 is 0 Å². The highest BCUT2D eigenvalue weighted by Gasteiger charge is 2.14. The molecule has 3 nitrogen and oxygen atoms in total. The number of piperazine rings is 1. The Bertz CT molecular complexity index is 119. The van der Waals surface area contributed by atoms with Gasteiger partial charge in [-0.15, -0.1) is 0 Å². The molecule has 1 heterocycles. The second-order valence-corrected chi connectivity index (χ2v) is 3.35. The fourth-order valence-corrected chi connectivity index (χ4v) is 1.55. The van der Waals surface area contributed by atoms with Gasteiger partial charge in [0.05, 0.1) is 6.61 Å². The molecule has 0 bridgehead atoms. The Balaban J connectivity index is 2.06. The van der Waals surface area contributed by atoms with E-state index < -0.39 is 0 Å². The minimum Gasteiger partial charge on any atom is -0.380 e. The third-order valence-corrected chi connectivity index (χ3v) is 2.21. The van der Waals surface area contributed by atoms with Crippen LogP contribution in [0.2, 0.25) is 0 Å². The molecule has 0 spiro atoms. The first-order chi connectivity index (χ1) is 5.83. The van der Waals surface area contributed by atoms with Gasteiger partial charge in [-0.1, -0.05) is 0 Å². The topological polar surface area (TPSA) is 24.5 Å². The molecule has 0 amide bonds. The maximum Gasteiger partial charge on any atom is 0.0593 e. The first-order valence-corrected chi connectivity index (χ1v) is 4.86. The van der Waals surface area contributed by atoms with Crippen molar-refractivity contribution >= 4 is 0 Å². The summed E-state index contributed by atoms with van der Waals surface area (Å²) in [6, 6.07) is 0.639. The van der Waals surface area contributed by atoms with Crippen LogP contribution in [-0.4, -0.2) is 50.3 Å². The summed E-state index contributed by atoms with van der Waals surface area (Å²) in [5, 5.41) is 3.42. The maximum atomic E-state index is 5.31. The molecule has 1 saturated heterocycles. The highest BCUT2D eigenvalue weighted by molar-refractivity contribution is 4.74. The van der Waals surface area contributed by atoms with Gasteiger partial charge >= 0.3 is 0 Å². The predicted molar refractivity (Wildman–Crippen MR) is 50.4 cm³/mol. The lowest BCUT2D eigenvalue weighted by atomic mass is 10.2. The minimum absolute atomic E-state index is 0.639. The molecule has 1 atom stereocenters. The van der Waals surface area contributed by atoms with Gasteiger partial charge < -0.3 is 10.1 Å². The van der Waals surface area contributed by atoms with Crippen molar-refractivity contribution in [2.75, 3.05) is 39.4 Å². The minimum atomic E-state index is 0.639. The molecule has 12 heavy (non-hydrogen) atoms. The molecule has 0 saturated carbocycles. The van der Waals surface area contributed by atoms with Crippen LogP contribution in [0.3, 0.4) is 0 Å². The molecular formula is C9H20N2O. The summed E-state index contributed by atoms with van der Waals surface area (Å²) in [5.41, 5.74) is 0. The molecule has 1 unspecified atom stereocenters. The second-order valence-electron chi connectivity index (χ2n) is 3.35. The summed E-state index contributed by atoms with van der Waals surface area (Å²) in [7, 11) is 0. The van der Waals surface area contributed by atoms with Crippen LogP contribution < -0.4 is 5.32 Å². The van der Waals surface area contributed by atoms with Crippen molar-refractivity contribution in [2.24, 2.45) is 0 Å². The Labute approximate surface area is 75.1 Å². The molecular weight excluding hydrogens is 152 g/mol. The molecule has 1 fully saturated rings. The lowest BCUT2D eigenvalue weighted by Crippen LogP contribution is -2.49. The number of hydrogen-bond acceptors (Lipinski definition) is 3. The lowest BCUT2D eigenvalue weighted by Gasteiger charge is -2.31. The van der Waals surface area contributed by atoms with Crippen molar-refractivity contribution in [2.45, 2.75) is 19.9 Å². The average molecular weight is 172 g/mol. The maximum absolute atomic E-state index is 5.31. The molecule has 0 aromatic carbocycles. The van der Waals surface area contributed by atoms with E-state index in [1.165, 1.54) is 0 Å². The first-order valence-electron chi connectivity index (χ1n) is 4.86. The van der Waals surface area contributed by atoms with Crippen molar-refractivity contribution in [3.8, 4) is 0 Å². The second kappa shape index (κ2) is 5.51. The zero-order valence-corrected chi connectivity index (χ0v) is 8.18. The van der Waals surface area contributed by atoms with Crippen molar-refractivity contribution in [1.29, 1.82) is 0 Å². The highest BCUT2D eigenvalue weighted by atomic mass is 16.5. The Morgan fingerprint density at radius 2 is 2.42 bits per heavy atom. The molecule has 0 radical (unpaired) electrons. The van der Waals surface area contributed by atoms with Gasteiger partial charge in [-0.25, -0.2) is 0 Å². The van der Waals surface area contributed by atoms with Crippen LogP contribution in [0.4, 0.5) is 0 Å². The van der Waals surface area contributed by atoms with Crippen LogP contribution in [-0.2, 0) is 4.74 Å². The van der Waals surface area contributed by atoms with Crippen LogP contribution in [0.25, 0.3) is 0 Å². The van der Waals surface area contributed by atoms with Gasteiger partial charge in [0.15, 0.2) is 0 Å². The monoisotopic (exact) mass is 172 g/mol. The zero-order valence-electron chi connectivity index (χ0n) is 8.18. The molecule has 0 aromatic rings. The molecule has 1 aliphatic heterocycles. The van der Waals surface area contributed by atoms with E-state index in [-0.39, 0.29) is 0 Å². The summed E-state index contributed by atoms with van der Waals surface area (Å²) >= 11 is 0. The summed E-state index contributed by atoms with van der Waals surface area (Å²) < 4.78 is 5.31. The normalized spacial score (nSPS) is 26.0. The summed E-state index contributed by atoms with van der Waals surface area (Å²) in [6.45, 7) is 10.5. The van der Waals surface area contributed by atoms with Crippen molar-refractivity contribution < 1.29 is 4.74 Å². The Kier molecular flexibility index (Phi) is 4.58. The molecule has 0 aliphatic carbocycles. The Morgan fingerprint density at radius 1 is 1.58 bits per heavy atom. The number of hydrogen-bond donors (Lipinski definition) is 1. The number of nitrogens with zero attached hydrogens (tertiary/aromatic N) is 1. The number of rotatable bonds is 4. The third kappa shape index (κ3) is 3.52. The van der Waals surface area contributed by atoms with Crippen LogP contribution in [0.15, 0.2) is 0 Å². The Hall–Kier alpha value is -0.120. The van der Waals surface area contributed by atoms with Crippen molar-refractivity contribution in [3.05, 3.63) is 0 Å². The van der Waals surface area contributed by atoms with Crippen LogP contribution in [0.5, 0.6) is 0 Å². The van der Waals surface area contributed by atoms with Crippen LogP contribution in [0, 0.1) is 0 Å². The van der Waals surface area contributed by atoms with E-state index in [1.807, 2.05) is 6.92 Å². The zero-order chi connectivity index (χ0) is 8.81.